The number of hydrogen-bond donors (Lipinski definition) is 1. The molecule has 19 heavy (non-hydrogen) atoms. The number of halogens is 2. The molecule has 0 aliphatic heterocycles. The Morgan fingerprint density at radius 3 is 2.58 bits per heavy atom. The highest BCUT2D eigenvalue weighted by atomic mass is 19.1. The Morgan fingerprint density at radius 2 is 1.95 bits per heavy atom. The summed E-state index contributed by atoms with van der Waals surface area (Å²) in [6, 6.07) is 4.60. The van der Waals surface area contributed by atoms with Crippen LogP contribution in [0.15, 0.2) is 18.2 Å². The van der Waals surface area contributed by atoms with Crippen molar-refractivity contribution in [3.05, 3.63) is 35.4 Å². The molecule has 1 nitrogen and oxygen atoms in total. The number of benzene rings is 1. The summed E-state index contributed by atoms with van der Waals surface area (Å²) in [6.45, 7) is 5.45. The SMILES string of the molecule is CC(C)(CCNC1CC1)CCc1ccc(F)cc1F. The monoisotopic (exact) mass is 267 g/mol. The maximum absolute atomic E-state index is 13.5. The number of rotatable bonds is 7. The highest BCUT2D eigenvalue weighted by Crippen LogP contribution is 2.28. The first kappa shape index (κ1) is 14.4. The summed E-state index contributed by atoms with van der Waals surface area (Å²) in [6.07, 6.45) is 5.29. The summed E-state index contributed by atoms with van der Waals surface area (Å²) < 4.78 is 26.4. The molecule has 0 heterocycles. The molecule has 0 amide bonds. The fourth-order valence-electron chi connectivity index (χ4n) is 2.22. The van der Waals surface area contributed by atoms with Gasteiger partial charge in [-0.2, -0.15) is 0 Å². The normalized spacial score (nSPS) is 15.8. The Labute approximate surface area is 114 Å². The summed E-state index contributed by atoms with van der Waals surface area (Å²) >= 11 is 0. The van der Waals surface area contributed by atoms with Crippen LogP contribution in [0.4, 0.5) is 8.78 Å². The molecule has 1 aliphatic rings. The summed E-state index contributed by atoms with van der Waals surface area (Å²) in [5, 5.41) is 3.51. The van der Waals surface area contributed by atoms with E-state index in [2.05, 4.69) is 19.2 Å². The lowest BCUT2D eigenvalue weighted by molar-refractivity contribution is 0.300. The first-order chi connectivity index (χ1) is 8.96. The van der Waals surface area contributed by atoms with Gasteiger partial charge in [0, 0.05) is 12.1 Å². The first-order valence-electron chi connectivity index (χ1n) is 7.14. The quantitative estimate of drug-likeness (QED) is 0.785. The third-order valence-electron chi connectivity index (χ3n) is 3.90. The topological polar surface area (TPSA) is 12.0 Å². The maximum Gasteiger partial charge on any atom is 0.129 e. The molecule has 0 spiro atoms. The van der Waals surface area contributed by atoms with Crippen LogP contribution in [0.2, 0.25) is 0 Å². The van der Waals surface area contributed by atoms with Gasteiger partial charge < -0.3 is 5.32 Å². The van der Waals surface area contributed by atoms with Gasteiger partial charge in [-0.3, -0.25) is 0 Å². The molecule has 2 rings (SSSR count). The van der Waals surface area contributed by atoms with Crippen molar-refractivity contribution in [1.29, 1.82) is 0 Å². The average Bonchev–Trinajstić information content (AvgIpc) is 3.11. The predicted octanol–water partition coefficient (Wildman–Crippen LogP) is 4.07. The Balaban J connectivity index is 1.78. The van der Waals surface area contributed by atoms with Crippen molar-refractivity contribution >= 4 is 0 Å². The minimum absolute atomic E-state index is 0.183. The second-order valence-corrected chi connectivity index (χ2v) is 6.38. The number of hydrogen-bond acceptors (Lipinski definition) is 1. The van der Waals surface area contributed by atoms with Crippen LogP contribution < -0.4 is 5.32 Å². The van der Waals surface area contributed by atoms with Crippen LogP contribution in [0, 0.1) is 17.0 Å². The summed E-state index contributed by atoms with van der Waals surface area (Å²) in [5.41, 5.74) is 0.799. The summed E-state index contributed by atoms with van der Waals surface area (Å²) in [4.78, 5) is 0. The van der Waals surface area contributed by atoms with Gasteiger partial charge in [0.05, 0.1) is 0 Å². The fourth-order valence-corrected chi connectivity index (χ4v) is 2.22. The van der Waals surface area contributed by atoms with Gasteiger partial charge in [0.2, 0.25) is 0 Å². The van der Waals surface area contributed by atoms with E-state index in [4.69, 9.17) is 0 Å². The van der Waals surface area contributed by atoms with Crippen LogP contribution in [0.5, 0.6) is 0 Å². The molecule has 0 saturated heterocycles. The van der Waals surface area contributed by atoms with Crippen molar-refractivity contribution in [3.63, 3.8) is 0 Å². The molecule has 1 aromatic carbocycles. The Hall–Kier alpha value is -0.960. The Bertz CT molecular complexity index is 425. The van der Waals surface area contributed by atoms with Crippen molar-refractivity contribution in [2.45, 2.75) is 52.0 Å². The molecule has 106 valence electrons. The van der Waals surface area contributed by atoms with Gasteiger partial charge in [-0.15, -0.1) is 0 Å². The molecule has 1 aromatic rings. The molecular weight excluding hydrogens is 244 g/mol. The van der Waals surface area contributed by atoms with Crippen LogP contribution in [0.3, 0.4) is 0 Å². The average molecular weight is 267 g/mol. The number of nitrogens with one attached hydrogen (secondary N) is 1. The van der Waals surface area contributed by atoms with Gasteiger partial charge >= 0.3 is 0 Å². The number of aryl methyl sites for hydroxylation is 1. The second kappa shape index (κ2) is 6.00. The zero-order chi connectivity index (χ0) is 13.9. The second-order valence-electron chi connectivity index (χ2n) is 6.38. The molecule has 0 radical (unpaired) electrons. The minimum Gasteiger partial charge on any atom is -0.314 e. The molecule has 1 N–H and O–H groups in total. The first-order valence-corrected chi connectivity index (χ1v) is 7.14. The molecule has 1 aliphatic carbocycles. The van der Waals surface area contributed by atoms with Gasteiger partial charge in [0.1, 0.15) is 11.6 Å². The van der Waals surface area contributed by atoms with E-state index < -0.39 is 11.6 Å². The van der Waals surface area contributed by atoms with E-state index in [-0.39, 0.29) is 5.41 Å². The molecular formula is C16H23F2N. The zero-order valence-electron chi connectivity index (χ0n) is 11.8. The van der Waals surface area contributed by atoms with Gasteiger partial charge in [-0.1, -0.05) is 19.9 Å². The van der Waals surface area contributed by atoms with Crippen LogP contribution in [0.25, 0.3) is 0 Å². The van der Waals surface area contributed by atoms with E-state index in [0.29, 0.717) is 12.0 Å². The largest absolute Gasteiger partial charge is 0.314 e. The minimum atomic E-state index is -0.505. The molecule has 3 heteroatoms. The van der Waals surface area contributed by atoms with Crippen LogP contribution in [-0.4, -0.2) is 12.6 Å². The maximum atomic E-state index is 13.5. The van der Waals surface area contributed by atoms with Crippen LogP contribution >= 0.6 is 0 Å². The van der Waals surface area contributed by atoms with Crippen LogP contribution in [-0.2, 0) is 6.42 Å². The van der Waals surface area contributed by atoms with Gasteiger partial charge in [0.25, 0.3) is 0 Å². The third-order valence-corrected chi connectivity index (χ3v) is 3.90. The van der Waals surface area contributed by atoms with E-state index in [1.54, 1.807) is 6.07 Å². The van der Waals surface area contributed by atoms with E-state index in [9.17, 15) is 8.78 Å². The van der Waals surface area contributed by atoms with Crippen molar-refractivity contribution in [1.82, 2.24) is 5.32 Å². The van der Waals surface area contributed by atoms with Crippen molar-refractivity contribution in [3.8, 4) is 0 Å². The lowest BCUT2D eigenvalue weighted by atomic mass is 9.83. The van der Waals surface area contributed by atoms with Gasteiger partial charge in [0.15, 0.2) is 0 Å². The van der Waals surface area contributed by atoms with Crippen molar-refractivity contribution in [2.24, 2.45) is 5.41 Å². The van der Waals surface area contributed by atoms with E-state index in [1.807, 2.05) is 0 Å². The lowest BCUT2D eigenvalue weighted by Crippen LogP contribution is -2.24. The molecule has 0 unspecified atom stereocenters. The predicted molar refractivity (Wildman–Crippen MR) is 74.1 cm³/mol. The molecule has 1 saturated carbocycles. The van der Waals surface area contributed by atoms with E-state index >= 15 is 0 Å². The Kier molecular flexibility index (Phi) is 4.56. The van der Waals surface area contributed by atoms with Crippen molar-refractivity contribution in [2.75, 3.05) is 6.54 Å². The molecule has 1 fully saturated rings. The van der Waals surface area contributed by atoms with E-state index in [0.717, 1.165) is 31.5 Å². The third kappa shape index (κ3) is 4.90. The fraction of sp³-hybridized carbons (Fsp3) is 0.625. The standard InChI is InChI=1S/C16H23F2N/c1-16(2,9-10-19-14-5-6-14)8-7-12-3-4-13(17)11-15(12)18/h3-4,11,14,19H,5-10H2,1-2H3. The smallest absolute Gasteiger partial charge is 0.129 e. The summed E-state index contributed by atoms with van der Waals surface area (Å²) in [7, 11) is 0. The Morgan fingerprint density at radius 1 is 1.21 bits per heavy atom. The lowest BCUT2D eigenvalue weighted by Gasteiger charge is -2.25. The molecule has 0 aromatic heterocycles. The highest BCUT2D eigenvalue weighted by Gasteiger charge is 2.23. The highest BCUT2D eigenvalue weighted by molar-refractivity contribution is 5.18. The molecule has 0 atom stereocenters. The summed E-state index contributed by atoms with van der Waals surface area (Å²) in [5.74, 6) is -0.930. The molecule has 0 bridgehead atoms. The van der Waals surface area contributed by atoms with Gasteiger partial charge in [-0.05, 0) is 55.7 Å². The van der Waals surface area contributed by atoms with Crippen LogP contribution in [0.1, 0.15) is 45.1 Å². The zero-order valence-corrected chi connectivity index (χ0v) is 11.8. The van der Waals surface area contributed by atoms with Crippen molar-refractivity contribution < 1.29 is 8.78 Å². The van der Waals surface area contributed by atoms with Gasteiger partial charge in [-0.25, -0.2) is 8.78 Å². The van der Waals surface area contributed by atoms with E-state index in [1.165, 1.54) is 18.9 Å².